The molecule has 0 aliphatic rings. The number of rotatable bonds is 18. The van der Waals surface area contributed by atoms with Crippen molar-refractivity contribution < 1.29 is 32.9 Å². The Morgan fingerprint density at radius 1 is 0.741 bits per heavy atom. The van der Waals surface area contributed by atoms with Gasteiger partial charge in [0.15, 0.2) is 0 Å². The van der Waals surface area contributed by atoms with Crippen LogP contribution in [-0.4, -0.2) is 77.8 Å². The highest BCUT2D eigenvalue weighted by atomic mass is 19.1. The van der Waals surface area contributed by atoms with Gasteiger partial charge in [-0.05, 0) is 33.6 Å². The minimum Gasteiger partial charge on any atom is -0.444 e. The number of carbonyl (C=O) groups is 1. The molecule has 0 aromatic rings. The first-order valence-corrected chi connectivity index (χ1v) is 9.79. The van der Waals surface area contributed by atoms with E-state index in [0.29, 0.717) is 65.8 Å². The van der Waals surface area contributed by atoms with E-state index in [0.717, 1.165) is 19.3 Å². The van der Waals surface area contributed by atoms with Gasteiger partial charge >= 0.3 is 6.09 Å². The van der Waals surface area contributed by atoms with Gasteiger partial charge in [-0.1, -0.05) is 12.8 Å². The number of alkyl carbamates (subject to hydrolysis) is 1. The molecule has 7 nitrogen and oxygen atoms in total. The number of unbranched alkanes of at least 4 members (excludes halogenated alkanes) is 3. The minimum atomic E-state index is -0.496. The Morgan fingerprint density at radius 2 is 1.22 bits per heavy atom. The molecule has 1 amide bonds. The summed E-state index contributed by atoms with van der Waals surface area (Å²) in [7, 11) is 0. The van der Waals surface area contributed by atoms with E-state index in [4.69, 9.17) is 23.7 Å². The Kier molecular flexibility index (Phi) is 17.8. The number of alkyl halides is 1. The lowest BCUT2D eigenvalue weighted by Crippen LogP contribution is -2.34. The number of amides is 1. The van der Waals surface area contributed by atoms with E-state index >= 15 is 0 Å². The monoisotopic (exact) mass is 395 g/mol. The average Bonchev–Trinajstić information content (AvgIpc) is 2.59. The Hall–Kier alpha value is -0.960. The van der Waals surface area contributed by atoms with Gasteiger partial charge < -0.3 is 29.0 Å². The number of carbonyl (C=O) groups excluding carboxylic acids is 1. The zero-order valence-corrected chi connectivity index (χ0v) is 17.2. The van der Waals surface area contributed by atoms with Gasteiger partial charge in [0.1, 0.15) is 5.60 Å². The first-order valence-electron chi connectivity index (χ1n) is 9.79. The molecule has 162 valence electrons. The maximum Gasteiger partial charge on any atom is 0.407 e. The summed E-state index contributed by atoms with van der Waals surface area (Å²) in [6.07, 6.45) is 3.11. The van der Waals surface area contributed by atoms with Gasteiger partial charge in [0.25, 0.3) is 0 Å². The molecular weight excluding hydrogens is 357 g/mol. The lowest BCUT2D eigenvalue weighted by Gasteiger charge is -2.19. The van der Waals surface area contributed by atoms with Crippen molar-refractivity contribution in [3.05, 3.63) is 0 Å². The van der Waals surface area contributed by atoms with Crippen LogP contribution in [0.25, 0.3) is 0 Å². The van der Waals surface area contributed by atoms with Crippen LogP contribution in [-0.2, 0) is 23.7 Å². The first kappa shape index (κ1) is 26.0. The standard InChI is InChI=1S/C19H38FNO6/c1-19(2,3)27-18(22)21-9-11-24-13-15-26-17-16-25-14-12-23-10-7-5-4-6-8-20/h4-17H2,1-3H3,(H,21,22). The number of hydrogen-bond donors (Lipinski definition) is 1. The first-order chi connectivity index (χ1) is 13.0. The molecule has 0 heterocycles. The molecule has 0 bridgehead atoms. The molecule has 0 saturated heterocycles. The second kappa shape index (κ2) is 18.4. The molecular formula is C19H38FNO6. The van der Waals surface area contributed by atoms with Gasteiger partial charge in [0.2, 0.25) is 0 Å². The summed E-state index contributed by atoms with van der Waals surface area (Å²) >= 11 is 0. The van der Waals surface area contributed by atoms with Crippen LogP contribution in [0.4, 0.5) is 9.18 Å². The lowest BCUT2D eigenvalue weighted by molar-refractivity contribution is -0.00215. The van der Waals surface area contributed by atoms with Crippen LogP contribution in [0.3, 0.4) is 0 Å². The van der Waals surface area contributed by atoms with Crippen LogP contribution in [0.5, 0.6) is 0 Å². The smallest absolute Gasteiger partial charge is 0.407 e. The van der Waals surface area contributed by atoms with E-state index in [1.165, 1.54) is 0 Å². The molecule has 0 rings (SSSR count). The molecule has 0 saturated carbocycles. The van der Waals surface area contributed by atoms with Crippen molar-refractivity contribution in [3.63, 3.8) is 0 Å². The SMILES string of the molecule is CC(C)(C)OC(=O)NCCOCCOCCOCCOCCCCCCF. The molecule has 27 heavy (non-hydrogen) atoms. The Morgan fingerprint density at radius 3 is 1.74 bits per heavy atom. The maximum atomic E-state index is 11.9. The van der Waals surface area contributed by atoms with E-state index in [-0.39, 0.29) is 6.67 Å². The van der Waals surface area contributed by atoms with E-state index in [9.17, 15) is 9.18 Å². The van der Waals surface area contributed by atoms with E-state index < -0.39 is 11.7 Å². The molecule has 0 aliphatic carbocycles. The maximum absolute atomic E-state index is 11.9. The third kappa shape index (κ3) is 23.0. The quantitative estimate of drug-likeness (QED) is 0.360. The second-order valence-electron chi connectivity index (χ2n) is 6.98. The second-order valence-corrected chi connectivity index (χ2v) is 6.98. The molecule has 0 aromatic carbocycles. The summed E-state index contributed by atoms with van der Waals surface area (Å²) in [6.45, 7) is 9.79. The summed E-state index contributed by atoms with van der Waals surface area (Å²) in [5.41, 5.74) is -0.496. The Bertz CT molecular complexity index is 339. The Labute approximate surface area is 163 Å². The molecule has 0 aliphatic heterocycles. The third-order valence-corrected chi connectivity index (χ3v) is 3.20. The number of nitrogens with one attached hydrogen (secondary N) is 1. The molecule has 0 spiro atoms. The zero-order chi connectivity index (χ0) is 20.2. The highest BCUT2D eigenvalue weighted by Crippen LogP contribution is 2.06. The van der Waals surface area contributed by atoms with Crippen LogP contribution >= 0.6 is 0 Å². The van der Waals surface area contributed by atoms with Crippen molar-refractivity contribution in [1.29, 1.82) is 0 Å². The third-order valence-electron chi connectivity index (χ3n) is 3.20. The number of hydrogen-bond acceptors (Lipinski definition) is 6. The van der Waals surface area contributed by atoms with Gasteiger partial charge in [-0.2, -0.15) is 0 Å². The predicted molar refractivity (Wildman–Crippen MR) is 102 cm³/mol. The van der Waals surface area contributed by atoms with Crippen molar-refractivity contribution in [2.45, 2.75) is 52.1 Å². The highest BCUT2D eigenvalue weighted by Gasteiger charge is 2.15. The molecule has 0 radical (unpaired) electrons. The molecule has 0 unspecified atom stereocenters. The molecule has 0 aromatic heterocycles. The van der Waals surface area contributed by atoms with Crippen LogP contribution in [0, 0.1) is 0 Å². The predicted octanol–water partition coefficient (Wildman–Crippen LogP) is 3.11. The van der Waals surface area contributed by atoms with Crippen molar-refractivity contribution >= 4 is 6.09 Å². The van der Waals surface area contributed by atoms with E-state index in [2.05, 4.69) is 5.32 Å². The fraction of sp³-hybridized carbons (Fsp3) is 0.947. The van der Waals surface area contributed by atoms with Gasteiger partial charge in [-0.3, -0.25) is 4.39 Å². The topological polar surface area (TPSA) is 75.3 Å². The van der Waals surface area contributed by atoms with Crippen molar-refractivity contribution in [2.75, 3.05) is 66.1 Å². The zero-order valence-electron chi connectivity index (χ0n) is 17.2. The summed E-state index contributed by atoms with van der Waals surface area (Å²) in [5, 5.41) is 2.62. The molecule has 8 heteroatoms. The van der Waals surface area contributed by atoms with Gasteiger partial charge in [0.05, 0.1) is 52.9 Å². The minimum absolute atomic E-state index is 0.228. The number of ether oxygens (including phenoxy) is 5. The van der Waals surface area contributed by atoms with E-state index in [1.807, 2.05) is 20.8 Å². The highest BCUT2D eigenvalue weighted by molar-refractivity contribution is 5.67. The van der Waals surface area contributed by atoms with Crippen LogP contribution in [0.1, 0.15) is 46.5 Å². The summed E-state index contributed by atoms with van der Waals surface area (Å²) in [6, 6.07) is 0. The van der Waals surface area contributed by atoms with Crippen molar-refractivity contribution in [2.24, 2.45) is 0 Å². The van der Waals surface area contributed by atoms with Crippen molar-refractivity contribution in [1.82, 2.24) is 5.32 Å². The molecule has 0 fully saturated rings. The van der Waals surface area contributed by atoms with Crippen LogP contribution < -0.4 is 5.32 Å². The van der Waals surface area contributed by atoms with Gasteiger partial charge in [-0.25, -0.2) is 4.79 Å². The summed E-state index contributed by atoms with van der Waals surface area (Å²) < 4.78 is 38.5. The fourth-order valence-corrected chi connectivity index (χ4v) is 1.95. The largest absolute Gasteiger partial charge is 0.444 e. The summed E-state index contributed by atoms with van der Waals surface area (Å²) in [5.74, 6) is 0. The normalized spacial score (nSPS) is 11.6. The fourth-order valence-electron chi connectivity index (χ4n) is 1.95. The van der Waals surface area contributed by atoms with Crippen LogP contribution in [0.2, 0.25) is 0 Å². The van der Waals surface area contributed by atoms with E-state index in [1.54, 1.807) is 0 Å². The molecule has 0 atom stereocenters. The molecule has 1 N–H and O–H groups in total. The average molecular weight is 396 g/mol. The van der Waals surface area contributed by atoms with Crippen LogP contribution in [0.15, 0.2) is 0 Å². The van der Waals surface area contributed by atoms with Gasteiger partial charge in [0, 0.05) is 13.2 Å². The summed E-state index contributed by atoms with van der Waals surface area (Å²) in [4.78, 5) is 11.4. The van der Waals surface area contributed by atoms with Gasteiger partial charge in [-0.15, -0.1) is 0 Å². The van der Waals surface area contributed by atoms with Crippen molar-refractivity contribution in [3.8, 4) is 0 Å². The lowest BCUT2D eigenvalue weighted by atomic mass is 10.2. The number of halogens is 1. The Balaban J connectivity index is 3.12.